The summed E-state index contributed by atoms with van der Waals surface area (Å²) in [4.78, 5) is 10.2. The summed E-state index contributed by atoms with van der Waals surface area (Å²) in [6, 6.07) is 0. The number of unbranched alkanes of at least 4 members (excludes halogenated alkanes) is 1. The molecule has 0 rings (SSSR count). The summed E-state index contributed by atoms with van der Waals surface area (Å²) in [5.74, 6) is -0.746. The van der Waals surface area contributed by atoms with Crippen molar-refractivity contribution in [3.63, 3.8) is 0 Å². The first-order chi connectivity index (χ1) is 6.06. The molecule has 0 aromatic heterocycles. The number of rotatable bonds is 7. The van der Waals surface area contributed by atoms with E-state index in [4.69, 9.17) is 5.11 Å². The minimum atomic E-state index is -1.18. The van der Waals surface area contributed by atoms with Gasteiger partial charge in [-0.3, -0.25) is 4.79 Å². The van der Waals surface area contributed by atoms with Crippen molar-refractivity contribution in [2.75, 3.05) is 0 Å². The zero-order valence-corrected chi connectivity index (χ0v) is 8.42. The van der Waals surface area contributed by atoms with E-state index in [0.29, 0.717) is 12.3 Å². The lowest BCUT2D eigenvalue weighted by molar-refractivity contribution is -0.138. The van der Waals surface area contributed by atoms with E-state index in [1.54, 1.807) is 0 Å². The molecule has 3 heteroatoms. The van der Waals surface area contributed by atoms with Crippen LogP contribution in [0.1, 0.15) is 46.0 Å². The number of hydrogen-bond donors (Lipinski definition) is 1. The van der Waals surface area contributed by atoms with Gasteiger partial charge in [0.2, 0.25) is 0 Å². The lowest BCUT2D eigenvalue weighted by Crippen LogP contribution is -2.12. The highest BCUT2D eigenvalue weighted by Gasteiger charge is 2.14. The molecule has 0 fully saturated rings. The van der Waals surface area contributed by atoms with E-state index < -0.39 is 12.1 Å². The second-order valence-corrected chi connectivity index (χ2v) is 3.68. The Morgan fingerprint density at radius 2 is 2.15 bits per heavy atom. The van der Waals surface area contributed by atoms with Gasteiger partial charge in [0, 0.05) is 0 Å². The molecule has 78 valence electrons. The standard InChI is InChI=1S/C10H19FO2/c1-3-4-5-8(2)6-9(11)7-10(12)13/h8-9H,3-7H2,1-2H3,(H,12,13)/t8-,9-/m1/s1. The molecule has 0 radical (unpaired) electrons. The quantitative estimate of drug-likeness (QED) is 0.670. The molecule has 0 aliphatic heterocycles. The molecule has 2 atom stereocenters. The topological polar surface area (TPSA) is 37.3 Å². The number of halogens is 1. The predicted octanol–water partition coefficient (Wildman–Crippen LogP) is 3.02. The number of carboxylic acid groups (broad SMARTS) is 1. The van der Waals surface area contributed by atoms with Gasteiger partial charge in [-0.25, -0.2) is 4.39 Å². The molecule has 13 heavy (non-hydrogen) atoms. The van der Waals surface area contributed by atoms with Crippen LogP contribution in [0.2, 0.25) is 0 Å². The molecule has 0 aliphatic rings. The summed E-state index contributed by atoms with van der Waals surface area (Å²) in [6.45, 7) is 4.07. The van der Waals surface area contributed by atoms with Crippen LogP contribution in [-0.2, 0) is 4.79 Å². The van der Waals surface area contributed by atoms with Crippen molar-refractivity contribution in [3.05, 3.63) is 0 Å². The summed E-state index contributed by atoms with van der Waals surface area (Å²) in [5, 5.41) is 8.33. The SMILES string of the molecule is CCCC[C@@H](C)C[C@@H](F)CC(=O)O. The van der Waals surface area contributed by atoms with Crippen LogP contribution in [0.3, 0.4) is 0 Å². The highest BCUT2D eigenvalue weighted by atomic mass is 19.1. The zero-order valence-electron chi connectivity index (χ0n) is 8.42. The number of carboxylic acids is 1. The van der Waals surface area contributed by atoms with Gasteiger partial charge in [0.15, 0.2) is 0 Å². The first kappa shape index (κ1) is 12.4. The van der Waals surface area contributed by atoms with Gasteiger partial charge in [-0.2, -0.15) is 0 Å². The fourth-order valence-corrected chi connectivity index (χ4v) is 1.38. The maximum atomic E-state index is 13.0. The molecule has 0 saturated carbocycles. The van der Waals surface area contributed by atoms with Crippen molar-refractivity contribution in [2.24, 2.45) is 5.92 Å². The highest BCUT2D eigenvalue weighted by Crippen LogP contribution is 2.17. The van der Waals surface area contributed by atoms with Crippen LogP contribution in [0.5, 0.6) is 0 Å². The minimum Gasteiger partial charge on any atom is -0.481 e. The third kappa shape index (κ3) is 7.75. The molecule has 0 saturated heterocycles. The van der Waals surface area contributed by atoms with Crippen LogP contribution < -0.4 is 0 Å². The van der Waals surface area contributed by atoms with E-state index in [1.807, 2.05) is 6.92 Å². The van der Waals surface area contributed by atoms with Crippen molar-refractivity contribution in [1.82, 2.24) is 0 Å². The van der Waals surface area contributed by atoms with E-state index in [1.165, 1.54) is 0 Å². The second-order valence-electron chi connectivity index (χ2n) is 3.68. The van der Waals surface area contributed by atoms with Crippen LogP contribution in [0.4, 0.5) is 4.39 Å². The number of aliphatic carboxylic acids is 1. The van der Waals surface area contributed by atoms with Crippen LogP contribution in [0.15, 0.2) is 0 Å². The van der Waals surface area contributed by atoms with Crippen LogP contribution >= 0.6 is 0 Å². The molecule has 0 heterocycles. The zero-order chi connectivity index (χ0) is 10.3. The summed E-state index contributed by atoms with van der Waals surface area (Å²) in [7, 11) is 0. The van der Waals surface area contributed by atoms with Crippen LogP contribution in [0.25, 0.3) is 0 Å². The Kier molecular flexibility index (Phi) is 6.55. The largest absolute Gasteiger partial charge is 0.481 e. The predicted molar refractivity (Wildman–Crippen MR) is 50.5 cm³/mol. The van der Waals surface area contributed by atoms with Gasteiger partial charge in [0.25, 0.3) is 0 Å². The molecule has 0 unspecified atom stereocenters. The normalized spacial score (nSPS) is 15.3. The lowest BCUT2D eigenvalue weighted by Gasteiger charge is -2.12. The van der Waals surface area contributed by atoms with E-state index >= 15 is 0 Å². The number of hydrogen-bond acceptors (Lipinski definition) is 1. The molecule has 0 spiro atoms. The Hall–Kier alpha value is -0.600. The van der Waals surface area contributed by atoms with E-state index in [0.717, 1.165) is 19.3 Å². The molecule has 0 aliphatic carbocycles. The fourth-order valence-electron chi connectivity index (χ4n) is 1.38. The number of carbonyl (C=O) groups is 1. The van der Waals surface area contributed by atoms with Gasteiger partial charge in [0.1, 0.15) is 6.17 Å². The molecule has 0 aromatic rings. The van der Waals surface area contributed by atoms with Crippen LogP contribution in [0, 0.1) is 5.92 Å². The van der Waals surface area contributed by atoms with Gasteiger partial charge in [-0.15, -0.1) is 0 Å². The average molecular weight is 190 g/mol. The molecular formula is C10H19FO2. The Balaban J connectivity index is 3.52. The van der Waals surface area contributed by atoms with Gasteiger partial charge < -0.3 is 5.11 Å². The molecule has 1 N–H and O–H groups in total. The van der Waals surface area contributed by atoms with Crippen molar-refractivity contribution in [3.8, 4) is 0 Å². The van der Waals surface area contributed by atoms with Gasteiger partial charge in [-0.1, -0.05) is 33.1 Å². The smallest absolute Gasteiger partial charge is 0.306 e. The molecule has 0 aromatic carbocycles. The second kappa shape index (κ2) is 6.87. The Morgan fingerprint density at radius 1 is 1.54 bits per heavy atom. The number of alkyl halides is 1. The third-order valence-corrected chi connectivity index (χ3v) is 2.10. The highest BCUT2D eigenvalue weighted by molar-refractivity contribution is 5.67. The molecule has 0 bridgehead atoms. The average Bonchev–Trinajstić information content (AvgIpc) is 1.98. The van der Waals surface area contributed by atoms with Crippen molar-refractivity contribution in [2.45, 2.75) is 52.1 Å². The van der Waals surface area contributed by atoms with Crippen molar-refractivity contribution < 1.29 is 14.3 Å². The first-order valence-corrected chi connectivity index (χ1v) is 4.92. The van der Waals surface area contributed by atoms with E-state index in [9.17, 15) is 9.18 Å². The summed E-state index contributed by atoms with van der Waals surface area (Å²) < 4.78 is 13.0. The Bertz CT molecular complexity index is 148. The maximum absolute atomic E-state index is 13.0. The first-order valence-electron chi connectivity index (χ1n) is 4.92. The Morgan fingerprint density at radius 3 is 2.62 bits per heavy atom. The van der Waals surface area contributed by atoms with Gasteiger partial charge in [-0.05, 0) is 12.3 Å². The van der Waals surface area contributed by atoms with Crippen molar-refractivity contribution >= 4 is 5.97 Å². The van der Waals surface area contributed by atoms with Crippen molar-refractivity contribution in [1.29, 1.82) is 0 Å². The summed E-state index contributed by atoms with van der Waals surface area (Å²) in [5.41, 5.74) is 0. The van der Waals surface area contributed by atoms with E-state index in [2.05, 4.69) is 6.92 Å². The molecule has 0 amide bonds. The Labute approximate surface area is 79.1 Å². The van der Waals surface area contributed by atoms with Gasteiger partial charge in [0.05, 0.1) is 6.42 Å². The monoisotopic (exact) mass is 190 g/mol. The fraction of sp³-hybridized carbons (Fsp3) is 0.900. The summed E-state index contributed by atoms with van der Waals surface area (Å²) >= 11 is 0. The molecular weight excluding hydrogens is 171 g/mol. The lowest BCUT2D eigenvalue weighted by atomic mass is 9.97. The van der Waals surface area contributed by atoms with Gasteiger partial charge >= 0.3 is 5.97 Å². The third-order valence-electron chi connectivity index (χ3n) is 2.10. The maximum Gasteiger partial charge on any atom is 0.306 e. The minimum absolute atomic E-state index is 0.300. The molecule has 2 nitrogen and oxygen atoms in total. The van der Waals surface area contributed by atoms with Crippen LogP contribution in [-0.4, -0.2) is 17.2 Å². The van der Waals surface area contributed by atoms with E-state index in [-0.39, 0.29) is 6.42 Å². The summed E-state index contributed by atoms with van der Waals surface area (Å²) in [6.07, 6.45) is 2.06.